The first-order chi connectivity index (χ1) is 47.0. The van der Waals surface area contributed by atoms with Crippen molar-refractivity contribution in [2.75, 3.05) is 47.5 Å². The molecule has 10 heteroatoms. The van der Waals surface area contributed by atoms with Crippen LogP contribution in [0, 0.1) is 0 Å². The standard InChI is InChI=1S/C86H152NO8P/c1-6-8-10-12-14-16-18-20-22-24-26-28-30-32-34-36-38-40-41-42-43-44-45-47-48-50-52-54-56-58-60-62-64-66-68-70-72-74-76-78-85(88)92-82-84(83-94-96(90,91)93-81-80-87(3,4)5)95-86(89)79-77-75-73-71-69-67-65-63-61-59-57-55-53-51-49-46-39-37-35-33-31-29-27-25-23-21-19-17-15-13-11-9-7-2/h9,11,15,17,21,23,27,29,33,35,39,46,51,53,57,59,63,65,69,71,84H,6-8,10,12-14,16,18-20,22,24-26,28,30-32,34,36-38,40-45,47-50,52,54-56,58,60-62,64,66-68,70,72-83H2,1-5H3/p+1/b11-9-,17-15-,23-21-,29-27-,35-33-,46-39-,53-51-,59-57-,65-63-,71-69-. The molecule has 2 unspecified atom stereocenters. The third-order valence-corrected chi connectivity index (χ3v) is 18.5. The molecule has 554 valence electrons. The first kappa shape index (κ1) is 92.4. The van der Waals surface area contributed by atoms with E-state index in [1.165, 1.54) is 231 Å². The molecule has 0 fully saturated rings. The van der Waals surface area contributed by atoms with Crippen molar-refractivity contribution in [3.05, 3.63) is 122 Å². The van der Waals surface area contributed by atoms with Gasteiger partial charge in [-0.15, -0.1) is 0 Å². The van der Waals surface area contributed by atoms with Crippen LogP contribution < -0.4 is 0 Å². The number of rotatable bonds is 74. The van der Waals surface area contributed by atoms with Crippen LogP contribution in [-0.4, -0.2) is 74.9 Å². The van der Waals surface area contributed by atoms with Crippen LogP contribution in [0.5, 0.6) is 0 Å². The van der Waals surface area contributed by atoms with Gasteiger partial charge >= 0.3 is 19.8 Å². The van der Waals surface area contributed by atoms with Gasteiger partial charge in [0.05, 0.1) is 27.7 Å². The van der Waals surface area contributed by atoms with Crippen molar-refractivity contribution in [1.82, 2.24) is 0 Å². The molecule has 0 spiro atoms. The van der Waals surface area contributed by atoms with Gasteiger partial charge in [-0.3, -0.25) is 18.6 Å². The lowest BCUT2D eigenvalue weighted by Crippen LogP contribution is -2.37. The Bertz CT molecular complexity index is 2040. The number of carbonyl (C=O) groups is 2. The topological polar surface area (TPSA) is 108 Å². The fraction of sp³-hybridized carbons (Fsp3) is 0.744. The minimum absolute atomic E-state index is 0.0182. The van der Waals surface area contributed by atoms with Crippen LogP contribution >= 0.6 is 7.82 Å². The van der Waals surface area contributed by atoms with Crippen molar-refractivity contribution in [2.45, 2.75) is 367 Å². The average molecular weight is 1360 g/mol. The Hall–Kier alpha value is -3.59. The second-order valence-corrected chi connectivity index (χ2v) is 29.5. The van der Waals surface area contributed by atoms with Gasteiger partial charge in [-0.2, -0.15) is 0 Å². The van der Waals surface area contributed by atoms with Gasteiger partial charge in [0.1, 0.15) is 19.8 Å². The van der Waals surface area contributed by atoms with E-state index in [-0.39, 0.29) is 32.0 Å². The Labute approximate surface area is 594 Å². The number of esters is 2. The number of carbonyl (C=O) groups excluding carboxylic acids is 2. The van der Waals surface area contributed by atoms with Gasteiger partial charge in [-0.25, -0.2) is 4.57 Å². The zero-order valence-corrected chi connectivity index (χ0v) is 64.2. The number of allylic oxidation sites excluding steroid dienone is 20. The van der Waals surface area contributed by atoms with Gasteiger partial charge in [-0.1, -0.05) is 379 Å². The second kappa shape index (κ2) is 75.6. The number of likely N-dealkylation sites (N-methyl/N-ethyl adjacent to an activating group) is 1. The molecule has 0 saturated carbocycles. The van der Waals surface area contributed by atoms with E-state index in [1.807, 2.05) is 21.1 Å². The second-order valence-electron chi connectivity index (χ2n) is 28.1. The summed E-state index contributed by atoms with van der Waals surface area (Å²) in [4.78, 5) is 35.9. The largest absolute Gasteiger partial charge is 0.472 e. The van der Waals surface area contributed by atoms with Gasteiger partial charge in [-0.05, 0) is 89.9 Å². The number of unbranched alkanes of at least 4 members (excludes halogenated alkanes) is 40. The van der Waals surface area contributed by atoms with E-state index in [1.54, 1.807) is 0 Å². The molecule has 0 bridgehead atoms. The maximum Gasteiger partial charge on any atom is 0.472 e. The summed E-state index contributed by atoms with van der Waals surface area (Å²) in [6.07, 6.45) is 109. The number of phosphoric acid groups is 1. The van der Waals surface area contributed by atoms with Gasteiger partial charge in [0.2, 0.25) is 0 Å². The Morgan fingerprint density at radius 2 is 0.594 bits per heavy atom. The molecule has 0 aromatic heterocycles. The van der Waals surface area contributed by atoms with Crippen molar-refractivity contribution in [3.63, 3.8) is 0 Å². The molecule has 0 radical (unpaired) electrons. The zero-order valence-electron chi connectivity index (χ0n) is 63.3. The number of phosphoric ester groups is 1. The van der Waals surface area contributed by atoms with Crippen LogP contribution in [0.3, 0.4) is 0 Å². The lowest BCUT2D eigenvalue weighted by molar-refractivity contribution is -0.870. The van der Waals surface area contributed by atoms with Gasteiger partial charge in [0, 0.05) is 12.8 Å². The number of hydrogen-bond acceptors (Lipinski definition) is 7. The average Bonchev–Trinajstić information content (AvgIpc) is 1.48. The SMILES string of the molecule is CC/C=C\C/C=C\C/C=C\C/C=C\C/C=C\C/C=C\C/C=C\C/C=C\C/C=C\C/C=C\CCCCC(=O)OC(COC(=O)CCCCCCCCCCCCCCCCCCCCCCCCCCCCCCCCCCCCCCCCC)COP(=O)(O)OCC[N+](C)(C)C. The Balaban J connectivity index is 4.02. The van der Waals surface area contributed by atoms with Crippen LogP contribution in [0.25, 0.3) is 0 Å². The molecule has 0 aliphatic heterocycles. The van der Waals surface area contributed by atoms with Gasteiger partial charge < -0.3 is 18.9 Å². The molecule has 9 nitrogen and oxygen atoms in total. The summed E-state index contributed by atoms with van der Waals surface area (Å²) in [6, 6.07) is 0. The van der Waals surface area contributed by atoms with Crippen LogP contribution in [0.2, 0.25) is 0 Å². The Morgan fingerprint density at radius 1 is 0.333 bits per heavy atom. The molecular weight excluding hydrogens is 1210 g/mol. The number of hydrogen-bond donors (Lipinski definition) is 1. The molecule has 0 aromatic rings. The minimum Gasteiger partial charge on any atom is -0.462 e. The summed E-state index contributed by atoms with van der Waals surface area (Å²) in [7, 11) is 1.44. The lowest BCUT2D eigenvalue weighted by atomic mass is 10.0. The molecule has 0 saturated heterocycles. The van der Waals surface area contributed by atoms with Crippen molar-refractivity contribution >= 4 is 19.8 Å². The highest BCUT2D eigenvalue weighted by Crippen LogP contribution is 2.43. The molecule has 2 atom stereocenters. The van der Waals surface area contributed by atoms with Crippen molar-refractivity contribution in [2.24, 2.45) is 0 Å². The Morgan fingerprint density at radius 3 is 0.885 bits per heavy atom. The van der Waals surface area contributed by atoms with E-state index in [0.29, 0.717) is 17.4 Å². The van der Waals surface area contributed by atoms with E-state index >= 15 is 0 Å². The van der Waals surface area contributed by atoms with Crippen molar-refractivity contribution in [3.8, 4) is 0 Å². The monoisotopic (exact) mass is 1360 g/mol. The molecule has 0 rings (SSSR count). The highest BCUT2D eigenvalue weighted by Gasteiger charge is 2.27. The zero-order chi connectivity index (χ0) is 69.7. The van der Waals surface area contributed by atoms with E-state index in [4.69, 9.17) is 18.5 Å². The summed E-state index contributed by atoms with van der Waals surface area (Å²) in [6.45, 7) is 4.30. The molecular formula is C86H153NO8P+. The Kier molecular flexibility index (Phi) is 72.8. The van der Waals surface area contributed by atoms with Crippen LogP contribution in [-0.2, 0) is 32.7 Å². The maximum absolute atomic E-state index is 12.9. The quantitative estimate of drug-likeness (QED) is 0.0211. The van der Waals surface area contributed by atoms with Crippen LogP contribution in [0.4, 0.5) is 0 Å². The maximum atomic E-state index is 12.9. The molecule has 0 heterocycles. The molecule has 0 aliphatic rings. The minimum atomic E-state index is -4.42. The van der Waals surface area contributed by atoms with Crippen LogP contribution in [0.15, 0.2) is 122 Å². The normalized spacial score (nSPS) is 13.7. The first-order valence-electron chi connectivity index (χ1n) is 40.3. The third-order valence-electron chi connectivity index (χ3n) is 17.5. The summed E-state index contributed by atoms with van der Waals surface area (Å²) in [5.41, 5.74) is 0. The smallest absolute Gasteiger partial charge is 0.462 e. The molecule has 96 heavy (non-hydrogen) atoms. The van der Waals surface area contributed by atoms with Gasteiger partial charge in [0.15, 0.2) is 6.10 Å². The summed E-state index contributed by atoms with van der Waals surface area (Å²) >= 11 is 0. The number of quaternary nitrogens is 1. The predicted molar refractivity (Wildman–Crippen MR) is 418 cm³/mol. The molecule has 1 N–H and O–H groups in total. The fourth-order valence-electron chi connectivity index (χ4n) is 11.4. The molecule has 0 aliphatic carbocycles. The van der Waals surface area contributed by atoms with E-state index in [9.17, 15) is 19.0 Å². The fourth-order valence-corrected chi connectivity index (χ4v) is 12.1. The van der Waals surface area contributed by atoms with E-state index < -0.39 is 26.5 Å². The highest BCUT2D eigenvalue weighted by atomic mass is 31.2. The van der Waals surface area contributed by atoms with Gasteiger partial charge in [0.25, 0.3) is 0 Å². The molecule has 0 amide bonds. The number of ether oxygens (including phenoxy) is 2. The summed E-state index contributed by atoms with van der Waals surface area (Å²) < 4.78 is 34.7. The summed E-state index contributed by atoms with van der Waals surface area (Å²) in [5, 5.41) is 0. The van der Waals surface area contributed by atoms with Crippen molar-refractivity contribution in [1.29, 1.82) is 0 Å². The van der Waals surface area contributed by atoms with Crippen molar-refractivity contribution < 1.29 is 42.1 Å². The van der Waals surface area contributed by atoms with Crippen LogP contribution in [0.1, 0.15) is 361 Å². The lowest BCUT2D eigenvalue weighted by Gasteiger charge is -2.24. The highest BCUT2D eigenvalue weighted by molar-refractivity contribution is 7.47. The first-order valence-corrected chi connectivity index (χ1v) is 41.8. The number of nitrogens with zero attached hydrogens (tertiary/aromatic N) is 1. The third kappa shape index (κ3) is 79.4. The predicted octanol–water partition coefficient (Wildman–Crippen LogP) is 26.9. The van der Waals surface area contributed by atoms with E-state index in [0.717, 1.165) is 96.3 Å². The van der Waals surface area contributed by atoms with E-state index in [2.05, 4.69) is 135 Å². The summed E-state index contributed by atoms with van der Waals surface area (Å²) in [5.74, 6) is -0.843. The molecule has 0 aromatic carbocycles.